The van der Waals surface area contributed by atoms with Crippen LogP contribution in [0.5, 0.6) is 0 Å². The van der Waals surface area contributed by atoms with E-state index in [0.717, 1.165) is 48.9 Å². The molecule has 1 aliphatic heterocycles. The van der Waals surface area contributed by atoms with Crippen LogP contribution in [0.15, 0.2) is 53.4 Å². The second-order valence-electron chi connectivity index (χ2n) is 6.92. The molecule has 5 nitrogen and oxygen atoms in total. The molecule has 0 unspecified atom stereocenters. The maximum absolute atomic E-state index is 12.3. The minimum atomic E-state index is -3.44. The quantitative estimate of drug-likeness (QED) is 0.766. The van der Waals surface area contributed by atoms with Gasteiger partial charge in [0.05, 0.1) is 4.90 Å². The third-order valence-electron chi connectivity index (χ3n) is 4.87. The van der Waals surface area contributed by atoms with Gasteiger partial charge in [-0.2, -0.15) is 0 Å². The van der Waals surface area contributed by atoms with Crippen LogP contribution in [0.3, 0.4) is 0 Å². The number of hydrogen-bond donors (Lipinski definition) is 1. The van der Waals surface area contributed by atoms with Crippen molar-refractivity contribution in [2.45, 2.75) is 18.4 Å². The average molecular weight is 408 g/mol. The molecule has 2 aromatic rings. The Bertz CT molecular complexity index is 848. The minimum absolute atomic E-state index is 0.317. The Morgan fingerprint density at radius 3 is 2.26 bits per heavy atom. The van der Waals surface area contributed by atoms with Crippen LogP contribution in [-0.4, -0.2) is 57.5 Å². The number of aryl methyl sites for hydroxylation is 1. The number of piperazine rings is 1. The van der Waals surface area contributed by atoms with Crippen molar-refractivity contribution in [3.63, 3.8) is 0 Å². The van der Waals surface area contributed by atoms with Crippen molar-refractivity contribution in [3.8, 4) is 0 Å². The number of nitrogens with one attached hydrogen (secondary N) is 1. The monoisotopic (exact) mass is 407 g/mol. The lowest BCUT2D eigenvalue weighted by Gasteiger charge is -2.34. The Morgan fingerprint density at radius 2 is 1.59 bits per heavy atom. The molecule has 1 saturated heterocycles. The first-order valence-corrected chi connectivity index (χ1v) is 11.0. The van der Waals surface area contributed by atoms with E-state index in [0.29, 0.717) is 18.0 Å². The molecule has 7 heteroatoms. The third kappa shape index (κ3) is 5.77. The molecule has 0 saturated carbocycles. The molecule has 1 heterocycles. The first-order chi connectivity index (χ1) is 12.9. The van der Waals surface area contributed by atoms with Gasteiger partial charge in [0.25, 0.3) is 0 Å². The Morgan fingerprint density at radius 1 is 0.963 bits per heavy atom. The molecule has 0 bridgehead atoms. The van der Waals surface area contributed by atoms with E-state index in [9.17, 15) is 8.42 Å². The van der Waals surface area contributed by atoms with E-state index >= 15 is 0 Å². The summed E-state index contributed by atoms with van der Waals surface area (Å²) in [7, 11) is -3.44. The van der Waals surface area contributed by atoms with E-state index in [1.807, 2.05) is 37.3 Å². The van der Waals surface area contributed by atoms with Crippen molar-refractivity contribution in [2.75, 3.05) is 39.3 Å². The van der Waals surface area contributed by atoms with E-state index in [1.54, 1.807) is 12.1 Å². The van der Waals surface area contributed by atoms with Gasteiger partial charge in [0.2, 0.25) is 10.0 Å². The van der Waals surface area contributed by atoms with Crippen LogP contribution < -0.4 is 4.72 Å². The zero-order valence-electron chi connectivity index (χ0n) is 15.6. The molecule has 0 spiro atoms. The highest BCUT2D eigenvalue weighted by Crippen LogP contribution is 2.18. The van der Waals surface area contributed by atoms with Crippen LogP contribution in [-0.2, 0) is 16.6 Å². The number of halogens is 1. The molecule has 0 radical (unpaired) electrons. The molecule has 3 rings (SSSR count). The van der Waals surface area contributed by atoms with Crippen LogP contribution in [0.4, 0.5) is 0 Å². The average Bonchev–Trinajstić information content (AvgIpc) is 2.65. The van der Waals surface area contributed by atoms with Crippen molar-refractivity contribution in [1.29, 1.82) is 0 Å². The smallest absolute Gasteiger partial charge is 0.240 e. The van der Waals surface area contributed by atoms with Gasteiger partial charge >= 0.3 is 0 Å². The molecule has 27 heavy (non-hydrogen) atoms. The topological polar surface area (TPSA) is 52.7 Å². The summed E-state index contributed by atoms with van der Waals surface area (Å²) in [5, 5.41) is 0.811. The fourth-order valence-electron chi connectivity index (χ4n) is 3.18. The van der Waals surface area contributed by atoms with E-state index in [4.69, 9.17) is 11.6 Å². The predicted molar refractivity (Wildman–Crippen MR) is 110 cm³/mol. The summed E-state index contributed by atoms with van der Waals surface area (Å²) in [5.74, 6) is 0. The standard InChI is InChI=1S/C20H26ClN3O2S/c1-17-6-8-19(9-7-17)27(25,26)22-10-11-23-12-14-24(15-13-23)16-18-4-2-3-5-20(18)21/h2-9,22H,10-16H2,1H3. The molecule has 0 atom stereocenters. The van der Waals surface area contributed by atoms with E-state index < -0.39 is 10.0 Å². The van der Waals surface area contributed by atoms with Gasteiger partial charge in [-0.3, -0.25) is 9.80 Å². The molecule has 0 amide bonds. The summed E-state index contributed by atoms with van der Waals surface area (Å²) in [5.41, 5.74) is 2.20. The lowest BCUT2D eigenvalue weighted by molar-refractivity contribution is 0.129. The van der Waals surface area contributed by atoms with E-state index in [2.05, 4.69) is 20.6 Å². The molecular formula is C20H26ClN3O2S. The number of nitrogens with zero attached hydrogens (tertiary/aromatic N) is 2. The number of benzene rings is 2. The van der Waals surface area contributed by atoms with Crippen molar-refractivity contribution in [1.82, 2.24) is 14.5 Å². The van der Waals surface area contributed by atoms with Crippen LogP contribution in [0, 0.1) is 6.92 Å². The summed E-state index contributed by atoms with van der Waals surface area (Å²) >= 11 is 6.24. The maximum Gasteiger partial charge on any atom is 0.240 e. The first-order valence-electron chi connectivity index (χ1n) is 9.18. The van der Waals surface area contributed by atoms with Crippen molar-refractivity contribution in [2.24, 2.45) is 0 Å². The first kappa shape index (κ1) is 20.3. The van der Waals surface area contributed by atoms with Crippen molar-refractivity contribution in [3.05, 3.63) is 64.7 Å². The van der Waals surface area contributed by atoms with Gasteiger partial charge in [0.15, 0.2) is 0 Å². The van der Waals surface area contributed by atoms with Gasteiger partial charge in [-0.15, -0.1) is 0 Å². The predicted octanol–water partition coefficient (Wildman–Crippen LogP) is 2.74. The second-order valence-corrected chi connectivity index (χ2v) is 9.09. The minimum Gasteiger partial charge on any atom is -0.299 e. The van der Waals surface area contributed by atoms with Crippen LogP contribution in [0.25, 0.3) is 0 Å². The highest BCUT2D eigenvalue weighted by Gasteiger charge is 2.19. The summed E-state index contributed by atoms with van der Waals surface area (Å²) in [6.45, 7) is 7.69. The van der Waals surface area contributed by atoms with E-state index in [-0.39, 0.29) is 0 Å². The molecule has 146 valence electrons. The van der Waals surface area contributed by atoms with Crippen LogP contribution in [0.2, 0.25) is 5.02 Å². The van der Waals surface area contributed by atoms with Gasteiger partial charge in [-0.05, 0) is 30.7 Å². The molecule has 2 aromatic carbocycles. The Labute approximate surface area is 167 Å². The SMILES string of the molecule is Cc1ccc(S(=O)(=O)NCCN2CCN(Cc3ccccc3Cl)CC2)cc1. The molecule has 1 aliphatic rings. The summed E-state index contributed by atoms with van der Waals surface area (Å²) in [6.07, 6.45) is 0. The van der Waals surface area contributed by atoms with Gasteiger partial charge < -0.3 is 0 Å². The Kier molecular flexibility index (Phi) is 6.89. The number of rotatable bonds is 7. The number of sulfonamides is 1. The second kappa shape index (κ2) is 9.17. The zero-order valence-corrected chi connectivity index (χ0v) is 17.1. The van der Waals surface area contributed by atoms with Crippen molar-refractivity contribution >= 4 is 21.6 Å². The molecule has 1 fully saturated rings. The summed E-state index contributed by atoms with van der Waals surface area (Å²) in [6, 6.07) is 14.9. The zero-order chi connectivity index (χ0) is 19.3. The van der Waals surface area contributed by atoms with Gasteiger partial charge in [0, 0.05) is 50.8 Å². The van der Waals surface area contributed by atoms with Gasteiger partial charge in [-0.1, -0.05) is 47.5 Å². The summed E-state index contributed by atoms with van der Waals surface area (Å²) in [4.78, 5) is 4.99. The molecule has 0 aromatic heterocycles. The lowest BCUT2D eigenvalue weighted by atomic mass is 10.2. The highest BCUT2D eigenvalue weighted by molar-refractivity contribution is 7.89. The largest absolute Gasteiger partial charge is 0.299 e. The number of hydrogen-bond acceptors (Lipinski definition) is 4. The van der Waals surface area contributed by atoms with Gasteiger partial charge in [-0.25, -0.2) is 13.1 Å². The highest BCUT2D eigenvalue weighted by atomic mass is 35.5. The van der Waals surface area contributed by atoms with E-state index in [1.165, 1.54) is 0 Å². The fraction of sp³-hybridized carbons (Fsp3) is 0.400. The molecule has 0 aliphatic carbocycles. The van der Waals surface area contributed by atoms with Crippen LogP contribution in [0.1, 0.15) is 11.1 Å². The fourth-order valence-corrected chi connectivity index (χ4v) is 4.39. The maximum atomic E-state index is 12.3. The third-order valence-corrected chi connectivity index (χ3v) is 6.71. The molecular weight excluding hydrogens is 382 g/mol. The molecule has 1 N–H and O–H groups in total. The lowest BCUT2D eigenvalue weighted by Crippen LogP contribution is -2.48. The normalized spacial score (nSPS) is 16.5. The van der Waals surface area contributed by atoms with Crippen LogP contribution >= 0.6 is 11.6 Å². The Hall–Kier alpha value is -1.44. The summed E-state index contributed by atoms with van der Waals surface area (Å²) < 4.78 is 27.3. The van der Waals surface area contributed by atoms with Crippen molar-refractivity contribution < 1.29 is 8.42 Å². The Balaban J connectivity index is 1.42. The van der Waals surface area contributed by atoms with Gasteiger partial charge in [0.1, 0.15) is 0 Å².